The van der Waals surface area contributed by atoms with E-state index in [0.29, 0.717) is 17.9 Å². The molecule has 0 saturated carbocycles. The van der Waals surface area contributed by atoms with Gasteiger partial charge in [-0.15, -0.1) is 12.4 Å². The molecule has 0 amide bonds. The SMILES string of the molecule is CCCNCC(O)COc1ccccc1C(=O)/C=C\c1ccccc1.Cl. The predicted octanol–water partition coefficient (Wildman–Crippen LogP) is 3.74. The van der Waals surface area contributed by atoms with Crippen molar-refractivity contribution < 1.29 is 14.6 Å². The molecule has 2 aromatic rings. The average Bonchev–Trinajstić information content (AvgIpc) is 2.66. The molecule has 5 heteroatoms. The van der Waals surface area contributed by atoms with Gasteiger partial charge in [0.1, 0.15) is 18.5 Å². The monoisotopic (exact) mass is 375 g/mol. The fourth-order valence-electron chi connectivity index (χ4n) is 2.31. The van der Waals surface area contributed by atoms with Gasteiger partial charge in [0.15, 0.2) is 5.78 Å². The summed E-state index contributed by atoms with van der Waals surface area (Å²) in [5.41, 5.74) is 1.45. The molecule has 0 bridgehead atoms. The highest BCUT2D eigenvalue weighted by Gasteiger charge is 2.11. The molecule has 2 N–H and O–H groups in total. The van der Waals surface area contributed by atoms with Crippen molar-refractivity contribution in [2.75, 3.05) is 19.7 Å². The second kappa shape index (κ2) is 12.3. The van der Waals surface area contributed by atoms with Crippen molar-refractivity contribution in [1.82, 2.24) is 5.32 Å². The lowest BCUT2D eigenvalue weighted by molar-refractivity contribution is 0.0995. The molecule has 0 fully saturated rings. The number of para-hydroxylation sites is 1. The molecule has 0 aliphatic heterocycles. The zero-order valence-electron chi connectivity index (χ0n) is 14.9. The van der Waals surface area contributed by atoms with Crippen LogP contribution in [0.4, 0.5) is 0 Å². The van der Waals surface area contributed by atoms with E-state index < -0.39 is 6.10 Å². The van der Waals surface area contributed by atoms with Gasteiger partial charge in [0.05, 0.1) is 5.56 Å². The van der Waals surface area contributed by atoms with E-state index in [9.17, 15) is 9.90 Å². The summed E-state index contributed by atoms with van der Waals surface area (Å²) in [6, 6.07) is 16.7. The Morgan fingerprint density at radius 1 is 1.15 bits per heavy atom. The van der Waals surface area contributed by atoms with Gasteiger partial charge in [0.25, 0.3) is 0 Å². The number of allylic oxidation sites excluding steroid dienone is 1. The molecule has 140 valence electrons. The largest absolute Gasteiger partial charge is 0.490 e. The van der Waals surface area contributed by atoms with Gasteiger partial charge in [-0.05, 0) is 36.7 Å². The molecular formula is C21H26ClNO3. The molecule has 26 heavy (non-hydrogen) atoms. The normalized spacial score (nSPS) is 11.8. The zero-order chi connectivity index (χ0) is 17.9. The number of benzene rings is 2. The summed E-state index contributed by atoms with van der Waals surface area (Å²) in [5, 5.41) is 13.1. The van der Waals surface area contributed by atoms with Crippen LogP contribution in [0.15, 0.2) is 60.7 Å². The van der Waals surface area contributed by atoms with Crippen LogP contribution in [0.5, 0.6) is 5.75 Å². The summed E-state index contributed by atoms with van der Waals surface area (Å²) >= 11 is 0. The summed E-state index contributed by atoms with van der Waals surface area (Å²) in [7, 11) is 0. The first-order valence-corrected chi connectivity index (χ1v) is 8.58. The minimum absolute atomic E-state index is 0. The smallest absolute Gasteiger partial charge is 0.189 e. The number of hydrogen-bond acceptors (Lipinski definition) is 4. The Balaban J connectivity index is 0.00000338. The molecule has 0 spiro atoms. The van der Waals surface area contributed by atoms with E-state index in [1.54, 1.807) is 24.3 Å². The fraction of sp³-hybridized carbons (Fsp3) is 0.286. The molecule has 2 rings (SSSR count). The number of aliphatic hydroxyl groups excluding tert-OH is 1. The number of halogens is 1. The molecule has 0 heterocycles. The summed E-state index contributed by atoms with van der Waals surface area (Å²) < 4.78 is 5.66. The van der Waals surface area contributed by atoms with Gasteiger partial charge < -0.3 is 15.2 Å². The third-order valence-corrected chi connectivity index (χ3v) is 3.62. The Hall–Kier alpha value is -2.14. The van der Waals surface area contributed by atoms with Crippen molar-refractivity contribution >= 4 is 24.3 Å². The molecule has 0 aliphatic rings. The lowest BCUT2D eigenvalue weighted by Crippen LogP contribution is -2.32. The van der Waals surface area contributed by atoms with Gasteiger partial charge in [0.2, 0.25) is 0 Å². The topological polar surface area (TPSA) is 58.6 Å². The van der Waals surface area contributed by atoms with Crippen LogP contribution < -0.4 is 10.1 Å². The first kappa shape index (κ1) is 21.9. The second-order valence-electron chi connectivity index (χ2n) is 5.77. The minimum atomic E-state index is -0.616. The summed E-state index contributed by atoms with van der Waals surface area (Å²) in [6.07, 6.45) is 3.72. The summed E-state index contributed by atoms with van der Waals surface area (Å²) in [5.74, 6) is 0.359. The zero-order valence-corrected chi connectivity index (χ0v) is 15.7. The van der Waals surface area contributed by atoms with Crippen LogP contribution in [-0.4, -0.2) is 36.7 Å². The van der Waals surface area contributed by atoms with E-state index in [2.05, 4.69) is 12.2 Å². The van der Waals surface area contributed by atoms with Crippen LogP contribution in [0.2, 0.25) is 0 Å². The van der Waals surface area contributed by atoms with Crippen molar-refractivity contribution in [2.24, 2.45) is 0 Å². The lowest BCUT2D eigenvalue weighted by atomic mass is 10.1. The Morgan fingerprint density at radius 2 is 1.85 bits per heavy atom. The molecule has 0 radical (unpaired) electrons. The molecule has 1 unspecified atom stereocenters. The maximum atomic E-state index is 12.5. The van der Waals surface area contributed by atoms with E-state index >= 15 is 0 Å². The molecule has 4 nitrogen and oxygen atoms in total. The van der Waals surface area contributed by atoms with Gasteiger partial charge in [-0.25, -0.2) is 0 Å². The van der Waals surface area contributed by atoms with Gasteiger partial charge >= 0.3 is 0 Å². The quantitative estimate of drug-likeness (QED) is 0.377. The molecule has 0 saturated heterocycles. The van der Waals surface area contributed by atoms with Gasteiger partial charge in [-0.3, -0.25) is 4.79 Å². The number of rotatable bonds is 10. The van der Waals surface area contributed by atoms with Gasteiger partial charge in [-0.1, -0.05) is 55.5 Å². The predicted molar refractivity (Wildman–Crippen MR) is 108 cm³/mol. The molecule has 0 aliphatic carbocycles. The highest BCUT2D eigenvalue weighted by Crippen LogP contribution is 2.19. The van der Waals surface area contributed by atoms with Crippen molar-refractivity contribution in [3.63, 3.8) is 0 Å². The first-order chi connectivity index (χ1) is 12.2. The maximum absolute atomic E-state index is 12.5. The number of hydrogen-bond donors (Lipinski definition) is 2. The highest BCUT2D eigenvalue weighted by molar-refractivity contribution is 6.08. The number of nitrogens with one attached hydrogen (secondary N) is 1. The number of carbonyl (C=O) groups is 1. The van der Waals surface area contributed by atoms with E-state index in [0.717, 1.165) is 18.5 Å². The van der Waals surface area contributed by atoms with Crippen molar-refractivity contribution in [3.8, 4) is 5.75 Å². The summed E-state index contributed by atoms with van der Waals surface area (Å²) in [6.45, 7) is 3.54. The number of aliphatic hydroxyl groups is 1. The third-order valence-electron chi connectivity index (χ3n) is 3.62. The molecule has 1 atom stereocenters. The first-order valence-electron chi connectivity index (χ1n) is 8.58. The lowest BCUT2D eigenvalue weighted by Gasteiger charge is -2.14. The van der Waals surface area contributed by atoms with Crippen LogP contribution in [0.3, 0.4) is 0 Å². The Bertz CT molecular complexity index is 689. The molecule has 2 aromatic carbocycles. The highest BCUT2D eigenvalue weighted by atomic mass is 35.5. The Morgan fingerprint density at radius 3 is 2.58 bits per heavy atom. The van der Waals surface area contributed by atoms with E-state index in [1.807, 2.05) is 36.4 Å². The average molecular weight is 376 g/mol. The summed E-state index contributed by atoms with van der Waals surface area (Å²) in [4.78, 5) is 12.5. The number of ether oxygens (including phenoxy) is 1. The fourth-order valence-corrected chi connectivity index (χ4v) is 2.31. The van der Waals surface area contributed by atoms with Crippen LogP contribution in [0.25, 0.3) is 6.08 Å². The van der Waals surface area contributed by atoms with Crippen molar-refractivity contribution in [2.45, 2.75) is 19.4 Å². The van der Waals surface area contributed by atoms with E-state index in [-0.39, 0.29) is 24.8 Å². The van der Waals surface area contributed by atoms with Gasteiger partial charge in [-0.2, -0.15) is 0 Å². The maximum Gasteiger partial charge on any atom is 0.189 e. The van der Waals surface area contributed by atoms with E-state index in [4.69, 9.17) is 4.74 Å². The van der Waals surface area contributed by atoms with Crippen molar-refractivity contribution in [1.29, 1.82) is 0 Å². The van der Waals surface area contributed by atoms with Crippen LogP contribution in [0.1, 0.15) is 29.3 Å². The Kier molecular flexibility index (Phi) is 10.3. The molecule has 0 aromatic heterocycles. The third kappa shape index (κ3) is 7.40. The Labute approximate surface area is 161 Å². The van der Waals surface area contributed by atoms with Gasteiger partial charge in [0, 0.05) is 6.54 Å². The van der Waals surface area contributed by atoms with E-state index in [1.165, 1.54) is 6.08 Å². The van der Waals surface area contributed by atoms with Crippen LogP contribution in [-0.2, 0) is 0 Å². The van der Waals surface area contributed by atoms with Crippen LogP contribution in [0, 0.1) is 0 Å². The standard InChI is InChI=1S/C21H25NO3.ClH/c1-2-14-22-15-18(23)16-25-21-11-7-6-10-19(21)20(24)13-12-17-8-4-3-5-9-17;/h3-13,18,22-23H,2,14-16H2,1H3;1H/b13-12-;. The molecular weight excluding hydrogens is 350 g/mol. The number of carbonyl (C=O) groups excluding carboxylic acids is 1. The minimum Gasteiger partial charge on any atom is -0.490 e. The number of ketones is 1. The van der Waals surface area contributed by atoms with Crippen molar-refractivity contribution in [3.05, 3.63) is 71.8 Å². The van der Waals surface area contributed by atoms with Crippen LogP contribution >= 0.6 is 12.4 Å². The second-order valence-corrected chi connectivity index (χ2v) is 5.77.